The number of amides is 1. The minimum absolute atomic E-state index is 0.0546. The van der Waals surface area contributed by atoms with Gasteiger partial charge in [0.1, 0.15) is 5.78 Å². The molecule has 5 heteroatoms. The lowest BCUT2D eigenvalue weighted by Gasteiger charge is -2.09. The van der Waals surface area contributed by atoms with Crippen molar-refractivity contribution in [1.29, 1.82) is 0 Å². The number of hydrogen-bond acceptors (Lipinski definition) is 4. The van der Waals surface area contributed by atoms with Gasteiger partial charge >= 0.3 is 0 Å². The molecule has 0 aliphatic heterocycles. The lowest BCUT2D eigenvalue weighted by Crippen LogP contribution is -2.25. The first-order valence-corrected chi connectivity index (χ1v) is 6.54. The quantitative estimate of drug-likeness (QED) is 0.787. The fraction of sp³-hybridized carbons (Fsp3) is 0.467. The van der Waals surface area contributed by atoms with Gasteiger partial charge in [-0.15, -0.1) is 0 Å². The van der Waals surface area contributed by atoms with Crippen LogP contribution in [0.15, 0.2) is 18.2 Å². The first-order chi connectivity index (χ1) is 9.56. The molecule has 1 amide bonds. The average molecular weight is 279 g/mol. The highest BCUT2D eigenvalue weighted by atomic mass is 16.5. The number of aryl methyl sites for hydroxylation is 1. The molecule has 0 heterocycles. The molecule has 0 aromatic heterocycles. The van der Waals surface area contributed by atoms with Crippen molar-refractivity contribution in [2.24, 2.45) is 0 Å². The average Bonchev–Trinajstić information content (AvgIpc) is 2.44. The van der Waals surface area contributed by atoms with E-state index in [2.05, 4.69) is 5.32 Å². The highest BCUT2D eigenvalue weighted by molar-refractivity contribution is 5.78. The standard InChI is InChI=1S/C15H21NO4/c1-11(17)8-9-16-15(18)7-5-12-4-6-13(19-2)14(10-12)20-3/h4,6,10H,5,7-9H2,1-3H3,(H,16,18). The van der Waals surface area contributed by atoms with Gasteiger partial charge in [0.2, 0.25) is 5.91 Å². The summed E-state index contributed by atoms with van der Waals surface area (Å²) in [6, 6.07) is 5.59. The summed E-state index contributed by atoms with van der Waals surface area (Å²) in [6.45, 7) is 1.91. The molecule has 0 atom stereocenters. The molecular weight excluding hydrogens is 258 g/mol. The van der Waals surface area contributed by atoms with Crippen molar-refractivity contribution < 1.29 is 19.1 Å². The lowest BCUT2D eigenvalue weighted by atomic mass is 10.1. The van der Waals surface area contributed by atoms with Crippen LogP contribution in [0.25, 0.3) is 0 Å². The van der Waals surface area contributed by atoms with Crippen molar-refractivity contribution in [3.8, 4) is 11.5 Å². The van der Waals surface area contributed by atoms with E-state index in [9.17, 15) is 9.59 Å². The Bertz CT molecular complexity index is 471. The Morgan fingerprint density at radius 2 is 1.80 bits per heavy atom. The van der Waals surface area contributed by atoms with Crippen LogP contribution in [-0.2, 0) is 16.0 Å². The molecule has 0 saturated carbocycles. The Kier molecular flexibility index (Phi) is 6.56. The molecule has 0 radical (unpaired) electrons. The summed E-state index contributed by atoms with van der Waals surface area (Å²) in [5.74, 6) is 1.34. The van der Waals surface area contributed by atoms with Crippen molar-refractivity contribution in [2.75, 3.05) is 20.8 Å². The molecule has 0 aliphatic carbocycles. The van der Waals surface area contributed by atoms with Gasteiger partial charge in [0, 0.05) is 19.4 Å². The summed E-state index contributed by atoms with van der Waals surface area (Å²) in [4.78, 5) is 22.4. The molecule has 1 aromatic carbocycles. The highest BCUT2D eigenvalue weighted by Crippen LogP contribution is 2.27. The minimum Gasteiger partial charge on any atom is -0.493 e. The summed E-state index contributed by atoms with van der Waals surface area (Å²) in [6.07, 6.45) is 1.38. The van der Waals surface area contributed by atoms with Gasteiger partial charge in [0.25, 0.3) is 0 Å². The Morgan fingerprint density at radius 1 is 1.10 bits per heavy atom. The Balaban J connectivity index is 2.45. The van der Waals surface area contributed by atoms with Crippen LogP contribution in [0, 0.1) is 0 Å². The number of nitrogens with one attached hydrogen (secondary N) is 1. The Morgan fingerprint density at radius 3 is 2.40 bits per heavy atom. The van der Waals surface area contributed by atoms with E-state index < -0.39 is 0 Å². The topological polar surface area (TPSA) is 64.6 Å². The fourth-order valence-corrected chi connectivity index (χ4v) is 1.76. The van der Waals surface area contributed by atoms with Crippen molar-refractivity contribution in [1.82, 2.24) is 5.32 Å². The predicted molar refractivity (Wildman–Crippen MR) is 76.2 cm³/mol. The van der Waals surface area contributed by atoms with Crippen LogP contribution in [0.3, 0.4) is 0 Å². The summed E-state index contributed by atoms with van der Waals surface area (Å²) in [5.41, 5.74) is 1.00. The largest absolute Gasteiger partial charge is 0.493 e. The van der Waals surface area contributed by atoms with Gasteiger partial charge in [0.05, 0.1) is 14.2 Å². The maximum atomic E-state index is 11.6. The molecule has 0 fully saturated rings. The zero-order valence-electron chi connectivity index (χ0n) is 12.2. The van der Waals surface area contributed by atoms with Crippen LogP contribution in [0.4, 0.5) is 0 Å². The molecule has 0 unspecified atom stereocenters. The van der Waals surface area contributed by atoms with Crippen LogP contribution >= 0.6 is 0 Å². The highest BCUT2D eigenvalue weighted by Gasteiger charge is 2.07. The number of ketones is 1. The van der Waals surface area contributed by atoms with Crippen molar-refractivity contribution in [3.05, 3.63) is 23.8 Å². The summed E-state index contributed by atoms with van der Waals surface area (Å²) >= 11 is 0. The van der Waals surface area contributed by atoms with Crippen LogP contribution < -0.4 is 14.8 Å². The third-order valence-corrected chi connectivity index (χ3v) is 2.89. The van der Waals surface area contributed by atoms with Gasteiger partial charge in [0.15, 0.2) is 11.5 Å². The van der Waals surface area contributed by atoms with E-state index in [0.717, 1.165) is 5.56 Å². The number of carbonyl (C=O) groups excluding carboxylic acids is 2. The number of carbonyl (C=O) groups is 2. The molecule has 0 bridgehead atoms. The molecule has 1 aromatic rings. The van der Waals surface area contributed by atoms with Gasteiger partial charge in [-0.25, -0.2) is 0 Å². The zero-order chi connectivity index (χ0) is 15.0. The first kappa shape index (κ1) is 16.0. The SMILES string of the molecule is COc1ccc(CCC(=O)NCCC(C)=O)cc1OC. The zero-order valence-corrected chi connectivity index (χ0v) is 12.2. The molecule has 0 spiro atoms. The second-order valence-corrected chi connectivity index (χ2v) is 4.49. The maximum absolute atomic E-state index is 11.6. The van der Waals surface area contributed by atoms with Crippen molar-refractivity contribution >= 4 is 11.7 Å². The number of rotatable bonds is 8. The second-order valence-electron chi connectivity index (χ2n) is 4.49. The van der Waals surface area contributed by atoms with Gasteiger partial charge in [-0.1, -0.05) is 6.07 Å². The Labute approximate surface area is 119 Å². The van der Waals surface area contributed by atoms with E-state index in [4.69, 9.17) is 9.47 Å². The third kappa shape index (κ3) is 5.30. The van der Waals surface area contributed by atoms with Gasteiger partial charge in [-0.2, -0.15) is 0 Å². The fourth-order valence-electron chi connectivity index (χ4n) is 1.76. The summed E-state index contributed by atoms with van der Waals surface area (Å²) in [5, 5.41) is 2.72. The number of hydrogen-bond donors (Lipinski definition) is 1. The Hall–Kier alpha value is -2.04. The van der Waals surface area contributed by atoms with Crippen LogP contribution in [0.5, 0.6) is 11.5 Å². The van der Waals surface area contributed by atoms with E-state index in [1.807, 2.05) is 18.2 Å². The number of Topliss-reactive ketones (excluding diaryl/α,β-unsaturated/α-hetero) is 1. The van der Waals surface area contributed by atoms with E-state index in [1.54, 1.807) is 14.2 Å². The molecule has 1 rings (SSSR count). The number of benzene rings is 1. The van der Waals surface area contributed by atoms with Gasteiger partial charge < -0.3 is 14.8 Å². The monoisotopic (exact) mass is 279 g/mol. The first-order valence-electron chi connectivity index (χ1n) is 6.54. The molecule has 20 heavy (non-hydrogen) atoms. The molecule has 0 aliphatic rings. The predicted octanol–water partition coefficient (Wildman–Crippen LogP) is 1.73. The molecule has 110 valence electrons. The summed E-state index contributed by atoms with van der Waals surface area (Å²) in [7, 11) is 3.16. The van der Waals surface area contributed by atoms with Crippen LogP contribution in [0.1, 0.15) is 25.3 Å². The van der Waals surface area contributed by atoms with E-state index in [-0.39, 0.29) is 11.7 Å². The molecule has 5 nitrogen and oxygen atoms in total. The summed E-state index contributed by atoms with van der Waals surface area (Å²) < 4.78 is 10.4. The van der Waals surface area contributed by atoms with Crippen LogP contribution in [0.2, 0.25) is 0 Å². The number of methoxy groups -OCH3 is 2. The van der Waals surface area contributed by atoms with Gasteiger partial charge in [-0.05, 0) is 31.0 Å². The molecule has 0 saturated heterocycles. The van der Waals surface area contributed by atoms with Crippen LogP contribution in [-0.4, -0.2) is 32.5 Å². The second kappa shape index (κ2) is 8.19. The number of ether oxygens (including phenoxy) is 2. The normalized spacial score (nSPS) is 9.95. The van der Waals surface area contributed by atoms with E-state index >= 15 is 0 Å². The minimum atomic E-state index is -0.0546. The molecule has 1 N–H and O–H groups in total. The smallest absolute Gasteiger partial charge is 0.220 e. The van der Waals surface area contributed by atoms with Crippen molar-refractivity contribution in [2.45, 2.75) is 26.2 Å². The van der Waals surface area contributed by atoms with Gasteiger partial charge in [-0.3, -0.25) is 9.59 Å². The van der Waals surface area contributed by atoms with E-state index in [1.165, 1.54) is 6.92 Å². The third-order valence-electron chi connectivity index (χ3n) is 2.89. The lowest BCUT2D eigenvalue weighted by molar-refractivity contribution is -0.121. The molecular formula is C15H21NO4. The van der Waals surface area contributed by atoms with Crippen molar-refractivity contribution in [3.63, 3.8) is 0 Å². The van der Waals surface area contributed by atoms with E-state index in [0.29, 0.717) is 37.3 Å². The maximum Gasteiger partial charge on any atom is 0.220 e.